The molecule has 8 nitrogen and oxygen atoms in total. The largest absolute Gasteiger partial charge is 0.359 e. The summed E-state index contributed by atoms with van der Waals surface area (Å²) in [5.74, 6) is 0. The Morgan fingerprint density at radius 2 is 1.61 bits per heavy atom. The summed E-state index contributed by atoms with van der Waals surface area (Å²) in [7, 11) is -6.04. The molecule has 0 saturated carbocycles. The molecule has 0 unspecified atom stereocenters. The Morgan fingerprint density at radius 3 is 2.26 bits per heavy atom. The molecule has 0 amide bonds. The summed E-state index contributed by atoms with van der Waals surface area (Å²) in [6.07, 6.45) is 1.53. The fourth-order valence-corrected chi connectivity index (χ4v) is 6.44. The van der Waals surface area contributed by atoms with Crippen molar-refractivity contribution in [1.29, 1.82) is 0 Å². The van der Waals surface area contributed by atoms with Crippen LogP contribution in [0.4, 0.5) is 0 Å². The Morgan fingerprint density at radius 1 is 0.935 bits per heavy atom. The maximum absolute atomic E-state index is 13.2. The number of nitrogens with two attached hydrogens (primary N) is 1. The number of sulfonamides is 2. The molecule has 12 heteroatoms. The van der Waals surface area contributed by atoms with Gasteiger partial charge in [0.05, 0.1) is 25.4 Å². The lowest BCUT2D eigenvalue weighted by Crippen LogP contribution is -2.47. The predicted octanol–water partition coefficient (Wildman–Crippen LogP) is 2.73. The molecule has 2 aromatic carbocycles. The number of H-pyrrole nitrogens is 1. The lowest BCUT2D eigenvalue weighted by atomic mass is 10.0. The summed E-state index contributed by atoms with van der Waals surface area (Å²) in [5.41, 5.74) is 1.06. The fraction of sp³-hybridized carbons (Fsp3) is 0.263. The normalized spacial score (nSPS) is 16.8. The SMILES string of the molecule is CN1CCN(S(=O)(=O)c2ccc(S(N)(=O)=O)c(-c3ccc(Cl)c4c(Cl)c[nH]c34)c2)CC1. The highest BCUT2D eigenvalue weighted by Gasteiger charge is 2.29. The third-order valence-corrected chi connectivity index (χ3v) is 8.86. The van der Waals surface area contributed by atoms with E-state index >= 15 is 0 Å². The van der Waals surface area contributed by atoms with Crippen LogP contribution < -0.4 is 5.14 Å². The maximum Gasteiger partial charge on any atom is 0.243 e. The van der Waals surface area contributed by atoms with Crippen LogP contribution >= 0.6 is 23.2 Å². The number of benzene rings is 2. The molecular weight excluding hydrogens is 483 g/mol. The van der Waals surface area contributed by atoms with Crippen molar-refractivity contribution in [3.8, 4) is 11.1 Å². The van der Waals surface area contributed by atoms with Crippen molar-refractivity contribution in [1.82, 2.24) is 14.2 Å². The number of piperazine rings is 1. The molecule has 1 fully saturated rings. The highest BCUT2D eigenvalue weighted by molar-refractivity contribution is 7.89. The Kier molecular flexibility index (Phi) is 5.84. The van der Waals surface area contributed by atoms with Crippen molar-refractivity contribution in [2.75, 3.05) is 33.2 Å². The molecule has 0 radical (unpaired) electrons. The molecule has 3 N–H and O–H groups in total. The van der Waals surface area contributed by atoms with Gasteiger partial charge in [-0.25, -0.2) is 22.0 Å². The number of hydrogen-bond donors (Lipinski definition) is 2. The van der Waals surface area contributed by atoms with Crippen LogP contribution in [-0.2, 0) is 20.0 Å². The van der Waals surface area contributed by atoms with Gasteiger partial charge in [-0.3, -0.25) is 0 Å². The lowest BCUT2D eigenvalue weighted by molar-refractivity contribution is 0.222. The first kappa shape index (κ1) is 22.5. The van der Waals surface area contributed by atoms with E-state index in [2.05, 4.69) is 4.98 Å². The van der Waals surface area contributed by atoms with Crippen LogP contribution in [-0.4, -0.2) is 64.3 Å². The minimum absolute atomic E-state index is 0.0137. The van der Waals surface area contributed by atoms with Crippen LogP contribution in [0.1, 0.15) is 0 Å². The van der Waals surface area contributed by atoms with E-state index in [1.165, 1.54) is 28.7 Å². The summed E-state index contributed by atoms with van der Waals surface area (Å²) in [4.78, 5) is 4.82. The first-order valence-corrected chi connectivity index (χ1v) is 13.1. The number of primary sulfonamides is 1. The summed E-state index contributed by atoms with van der Waals surface area (Å²) in [6.45, 7) is 1.92. The van der Waals surface area contributed by atoms with Gasteiger partial charge in [-0.05, 0) is 31.3 Å². The van der Waals surface area contributed by atoms with Crippen LogP contribution in [0.25, 0.3) is 22.0 Å². The van der Waals surface area contributed by atoms with Crippen molar-refractivity contribution >= 4 is 54.2 Å². The van der Waals surface area contributed by atoms with Gasteiger partial charge in [-0.15, -0.1) is 0 Å². The van der Waals surface area contributed by atoms with Gasteiger partial charge in [-0.1, -0.05) is 29.3 Å². The van der Waals surface area contributed by atoms with E-state index in [0.717, 1.165) is 0 Å². The molecule has 1 aliphatic heterocycles. The van der Waals surface area contributed by atoms with Crippen LogP contribution in [0, 0.1) is 0 Å². The molecule has 0 spiro atoms. The fourth-order valence-electron chi connectivity index (χ4n) is 3.70. The van der Waals surface area contributed by atoms with Crippen LogP contribution in [0.3, 0.4) is 0 Å². The third kappa shape index (κ3) is 4.09. The van der Waals surface area contributed by atoms with Gasteiger partial charge < -0.3 is 9.88 Å². The number of rotatable bonds is 4. The molecule has 1 aliphatic rings. The number of hydrogen-bond acceptors (Lipinski definition) is 5. The second kappa shape index (κ2) is 8.04. The minimum Gasteiger partial charge on any atom is -0.359 e. The first-order valence-electron chi connectivity index (χ1n) is 9.31. The van der Waals surface area contributed by atoms with E-state index in [0.29, 0.717) is 52.7 Å². The van der Waals surface area contributed by atoms with Crippen LogP contribution in [0.5, 0.6) is 0 Å². The number of halogens is 2. The predicted molar refractivity (Wildman–Crippen MR) is 121 cm³/mol. The number of nitrogens with zero attached hydrogens (tertiary/aromatic N) is 2. The number of nitrogens with one attached hydrogen (secondary N) is 1. The lowest BCUT2D eigenvalue weighted by Gasteiger charge is -2.31. The molecule has 4 rings (SSSR count). The molecule has 1 aromatic heterocycles. The molecule has 1 saturated heterocycles. The van der Waals surface area contributed by atoms with Crippen molar-refractivity contribution in [2.24, 2.45) is 5.14 Å². The molecule has 0 atom stereocenters. The molecule has 2 heterocycles. The minimum atomic E-state index is -4.14. The molecular formula is C19H20Cl2N4O4S2. The van der Waals surface area contributed by atoms with Gasteiger partial charge in [0.25, 0.3) is 0 Å². The molecule has 166 valence electrons. The van der Waals surface area contributed by atoms with Crippen molar-refractivity contribution in [3.63, 3.8) is 0 Å². The van der Waals surface area contributed by atoms with Gasteiger partial charge in [0.15, 0.2) is 0 Å². The van der Waals surface area contributed by atoms with Gasteiger partial charge in [0, 0.05) is 48.9 Å². The van der Waals surface area contributed by atoms with E-state index in [1.54, 1.807) is 12.1 Å². The number of likely N-dealkylation sites (N-methyl/N-ethyl adjacent to an activating group) is 1. The van der Waals surface area contributed by atoms with E-state index in [-0.39, 0.29) is 15.4 Å². The quantitative estimate of drug-likeness (QED) is 0.568. The number of fused-ring (bicyclic) bond motifs is 1. The van der Waals surface area contributed by atoms with E-state index in [9.17, 15) is 16.8 Å². The van der Waals surface area contributed by atoms with Crippen molar-refractivity contribution < 1.29 is 16.8 Å². The Hall–Kier alpha value is -1.66. The molecule has 0 bridgehead atoms. The standard InChI is InChI=1S/C19H20Cl2N4O4S2/c1-24-6-8-25(9-7-24)31(28,29)12-2-5-17(30(22,26)27)14(10-12)13-3-4-15(20)18-16(21)11-23-19(13)18/h2-5,10-11,23H,6-9H2,1H3,(H2,22,26,27). The third-order valence-electron chi connectivity index (χ3n) is 5.38. The average Bonchev–Trinajstić information content (AvgIpc) is 3.10. The topological polar surface area (TPSA) is 117 Å². The highest BCUT2D eigenvalue weighted by Crippen LogP contribution is 2.39. The Balaban J connectivity index is 1.93. The zero-order valence-corrected chi connectivity index (χ0v) is 19.6. The second-order valence-corrected chi connectivity index (χ2v) is 11.7. The summed E-state index contributed by atoms with van der Waals surface area (Å²) in [6, 6.07) is 7.01. The summed E-state index contributed by atoms with van der Waals surface area (Å²) >= 11 is 12.5. The van der Waals surface area contributed by atoms with Gasteiger partial charge in [0.1, 0.15) is 0 Å². The number of aromatic amines is 1. The number of aromatic nitrogens is 1. The molecule has 31 heavy (non-hydrogen) atoms. The van der Waals surface area contributed by atoms with E-state index < -0.39 is 20.0 Å². The summed E-state index contributed by atoms with van der Waals surface area (Å²) < 4.78 is 52.4. The van der Waals surface area contributed by atoms with Gasteiger partial charge in [0.2, 0.25) is 20.0 Å². The Labute approximate surface area is 190 Å². The smallest absolute Gasteiger partial charge is 0.243 e. The van der Waals surface area contributed by atoms with Crippen LogP contribution in [0.2, 0.25) is 10.0 Å². The first-order chi connectivity index (χ1) is 14.5. The molecule has 3 aromatic rings. The van der Waals surface area contributed by atoms with Gasteiger partial charge in [-0.2, -0.15) is 4.31 Å². The second-order valence-electron chi connectivity index (χ2n) is 7.39. The zero-order chi connectivity index (χ0) is 22.6. The monoisotopic (exact) mass is 502 g/mol. The summed E-state index contributed by atoms with van der Waals surface area (Å²) in [5, 5.41) is 6.68. The van der Waals surface area contributed by atoms with Gasteiger partial charge >= 0.3 is 0 Å². The van der Waals surface area contributed by atoms with Crippen molar-refractivity contribution in [3.05, 3.63) is 46.6 Å². The van der Waals surface area contributed by atoms with E-state index in [1.807, 2.05) is 11.9 Å². The maximum atomic E-state index is 13.2. The van der Waals surface area contributed by atoms with Crippen molar-refractivity contribution in [2.45, 2.75) is 9.79 Å². The zero-order valence-electron chi connectivity index (χ0n) is 16.5. The Bertz CT molecular complexity index is 1380. The molecule has 0 aliphatic carbocycles. The highest BCUT2D eigenvalue weighted by atomic mass is 35.5. The van der Waals surface area contributed by atoms with Crippen LogP contribution in [0.15, 0.2) is 46.3 Å². The van der Waals surface area contributed by atoms with E-state index in [4.69, 9.17) is 28.3 Å². The average molecular weight is 503 g/mol.